The lowest BCUT2D eigenvalue weighted by molar-refractivity contribution is -0.274. The van der Waals surface area contributed by atoms with Crippen molar-refractivity contribution in [3.8, 4) is 11.5 Å². The van der Waals surface area contributed by atoms with Gasteiger partial charge in [0.2, 0.25) is 0 Å². The molecule has 0 heterocycles. The summed E-state index contributed by atoms with van der Waals surface area (Å²) in [5, 5.41) is 8.73. The zero-order valence-electron chi connectivity index (χ0n) is 17.6. The van der Waals surface area contributed by atoms with E-state index < -0.39 is 18.9 Å². The van der Waals surface area contributed by atoms with E-state index >= 15 is 0 Å². The summed E-state index contributed by atoms with van der Waals surface area (Å²) < 4.78 is 46.5. The van der Waals surface area contributed by atoms with Gasteiger partial charge in [0, 0.05) is 10.6 Å². The van der Waals surface area contributed by atoms with Crippen LogP contribution in [-0.4, -0.2) is 29.8 Å². The number of thioether (sulfide) groups is 1. The average Bonchev–Trinajstić information content (AvgIpc) is 2.77. The normalized spacial score (nSPS) is 11.8. The molecule has 0 fully saturated rings. The zero-order chi connectivity index (χ0) is 23.8. The van der Waals surface area contributed by atoms with E-state index in [0.717, 1.165) is 27.2 Å². The van der Waals surface area contributed by atoms with Crippen LogP contribution in [0.2, 0.25) is 0 Å². The third kappa shape index (κ3) is 7.61. The van der Waals surface area contributed by atoms with Crippen molar-refractivity contribution in [2.45, 2.75) is 18.2 Å². The molecular weight excluding hydrogens is 453 g/mol. The third-order valence-electron chi connectivity index (χ3n) is 4.52. The molecule has 172 valence electrons. The van der Waals surface area contributed by atoms with E-state index in [9.17, 15) is 18.0 Å². The molecule has 0 bridgehead atoms. The summed E-state index contributed by atoms with van der Waals surface area (Å²) in [5.41, 5.74) is 3.55. The fourth-order valence-electron chi connectivity index (χ4n) is 3.09. The van der Waals surface area contributed by atoms with Gasteiger partial charge in [0.1, 0.15) is 11.5 Å². The van der Waals surface area contributed by atoms with E-state index in [0.29, 0.717) is 11.5 Å². The summed E-state index contributed by atoms with van der Waals surface area (Å²) >= 11 is 1.59. The van der Waals surface area contributed by atoms with Crippen molar-refractivity contribution in [1.82, 2.24) is 0 Å². The summed E-state index contributed by atoms with van der Waals surface area (Å²) in [7, 11) is 0. The van der Waals surface area contributed by atoms with Gasteiger partial charge in [-0.05, 0) is 59.5 Å². The molecule has 3 aromatic rings. The summed E-state index contributed by atoms with van der Waals surface area (Å²) in [6.45, 7) is 1.51. The van der Waals surface area contributed by atoms with Gasteiger partial charge in [-0.1, -0.05) is 48.5 Å². The summed E-state index contributed by atoms with van der Waals surface area (Å²) in [6, 6.07) is 20.8. The Bertz CT molecular complexity index is 1110. The molecule has 4 nitrogen and oxygen atoms in total. The van der Waals surface area contributed by atoms with E-state index in [2.05, 4.69) is 4.74 Å². The smallest absolute Gasteiger partial charge is 0.482 e. The second-order valence-electron chi connectivity index (χ2n) is 6.98. The SMILES string of the molecule is Cc1cc(OCC(=O)O)ccc1SCC=C(c1ccccc1)c1ccc(OC(F)(F)F)cc1. The highest BCUT2D eigenvalue weighted by molar-refractivity contribution is 7.99. The van der Waals surface area contributed by atoms with Gasteiger partial charge in [-0.3, -0.25) is 0 Å². The van der Waals surface area contributed by atoms with Crippen LogP contribution in [-0.2, 0) is 4.79 Å². The average molecular weight is 475 g/mol. The number of halogens is 3. The first-order chi connectivity index (χ1) is 15.7. The largest absolute Gasteiger partial charge is 0.573 e. The van der Waals surface area contributed by atoms with Crippen molar-refractivity contribution in [2.75, 3.05) is 12.4 Å². The predicted octanol–water partition coefficient (Wildman–Crippen LogP) is 6.58. The summed E-state index contributed by atoms with van der Waals surface area (Å²) in [6.07, 6.45) is -2.71. The number of hydrogen-bond donors (Lipinski definition) is 1. The van der Waals surface area contributed by atoms with Crippen molar-refractivity contribution in [3.05, 3.63) is 95.6 Å². The van der Waals surface area contributed by atoms with E-state index in [-0.39, 0.29) is 5.75 Å². The van der Waals surface area contributed by atoms with Gasteiger partial charge >= 0.3 is 12.3 Å². The highest BCUT2D eigenvalue weighted by Gasteiger charge is 2.31. The predicted molar refractivity (Wildman–Crippen MR) is 122 cm³/mol. The molecular formula is C25H21F3O4S. The van der Waals surface area contributed by atoms with Crippen molar-refractivity contribution < 1.29 is 32.5 Å². The van der Waals surface area contributed by atoms with Gasteiger partial charge in [0.05, 0.1) is 0 Å². The highest BCUT2D eigenvalue weighted by atomic mass is 32.2. The first-order valence-electron chi connectivity index (χ1n) is 9.91. The van der Waals surface area contributed by atoms with Gasteiger partial charge in [0.15, 0.2) is 6.61 Å². The van der Waals surface area contributed by atoms with Crippen molar-refractivity contribution in [3.63, 3.8) is 0 Å². The number of benzene rings is 3. The van der Waals surface area contributed by atoms with E-state index in [1.165, 1.54) is 12.1 Å². The quantitative estimate of drug-likeness (QED) is 0.355. The molecule has 0 unspecified atom stereocenters. The second kappa shape index (κ2) is 11.0. The molecule has 0 aliphatic heterocycles. The Morgan fingerprint density at radius 1 is 0.970 bits per heavy atom. The molecule has 3 aromatic carbocycles. The minimum absolute atomic E-state index is 0.270. The maximum Gasteiger partial charge on any atom is 0.573 e. The Hall–Kier alpha value is -3.39. The van der Waals surface area contributed by atoms with Crippen molar-refractivity contribution >= 4 is 23.3 Å². The van der Waals surface area contributed by atoms with Crippen LogP contribution in [0.25, 0.3) is 5.57 Å². The molecule has 8 heteroatoms. The Labute approximate surface area is 193 Å². The molecule has 0 aliphatic carbocycles. The van der Waals surface area contributed by atoms with E-state index in [4.69, 9.17) is 9.84 Å². The number of carboxylic acids is 1. The Kier molecular flexibility index (Phi) is 8.06. The number of ether oxygens (including phenoxy) is 2. The number of carboxylic acid groups (broad SMARTS) is 1. The van der Waals surface area contributed by atoms with Crippen LogP contribution in [0.5, 0.6) is 11.5 Å². The zero-order valence-corrected chi connectivity index (χ0v) is 18.5. The van der Waals surface area contributed by atoms with Gasteiger partial charge in [-0.25, -0.2) is 4.79 Å². The standard InChI is InChI=1S/C25H21F3O4S/c1-17-15-21(31-16-24(29)30)11-12-23(17)33-14-13-22(18-5-3-2-4-6-18)19-7-9-20(10-8-19)32-25(26,27)28/h2-13,15H,14,16H2,1H3,(H,29,30). The monoisotopic (exact) mass is 474 g/mol. The molecule has 0 atom stereocenters. The molecule has 0 aliphatic rings. The lowest BCUT2D eigenvalue weighted by atomic mass is 9.98. The Morgan fingerprint density at radius 2 is 1.61 bits per heavy atom. The minimum atomic E-state index is -4.73. The molecule has 1 N–H and O–H groups in total. The van der Waals surface area contributed by atoms with Gasteiger partial charge in [0.25, 0.3) is 0 Å². The number of hydrogen-bond acceptors (Lipinski definition) is 4. The lowest BCUT2D eigenvalue weighted by Gasteiger charge is -2.12. The maximum absolute atomic E-state index is 12.5. The van der Waals surface area contributed by atoms with E-state index in [1.807, 2.05) is 49.4 Å². The number of aryl methyl sites for hydroxylation is 1. The Balaban J connectivity index is 1.77. The first-order valence-corrected chi connectivity index (χ1v) is 10.9. The molecule has 0 radical (unpaired) electrons. The van der Waals surface area contributed by atoms with Crippen LogP contribution in [0.1, 0.15) is 16.7 Å². The molecule has 3 rings (SSSR count). The maximum atomic E-state index is 12.5. The van der Waals surface area contributed by atoms with Crippen LogP contribution in [0.4, 0.5) is 13.2 Å². The molecule has 33 heavy (non-hydrogen) atoms. The molecule has 0 amide bonds. The van der Waals surface area contributed by atoms with Crippen molar-refractivity contribution in [2.24, 2.45) is 0 Å². The fraction of sp³-hybridized carbons (Fsp3) is 0.160. The highest BCUT2D eigenvalue weighted by Crippen LogP contribution is 2.30. The summed E-state index contributed by atoms with van der Waals surface area (Å²) in [4.78, 5) is 11.7. The molecule has 0 saturated heterocycles. The topological polar surface area (TPSA) is 55.8 Å². The van der Waals surface area contributed by atoms with Gasteiger partial charge < -0.3 is 14.6 Å². The van der Waals surface area contributed by atoms with Crippen LogP contribution in [0.15, 0.2) is 83.8 Å². The van der Waals surface area contributed by atoms with Gasteiger partial charge in [-0.2, -0.15) is 0 Å². The summed E-state index contributed by atoms with van der Waals surface area (Å²) in [5.74, 6) is -0.209. The number of carbonyl (C=O) groups is 1. The number of aliphatic carboxylic acids is 1. The second-order valence-corrected chi connectivity index (χ2v) is 8.04. The van der Waals surface area contributed by atoms with Crippen molar-refractivity contribution in [1.29, 1.82) is 0 Å². The van der Waals surface area contributed by atoms with Crippen LogP contribution in [0, 0.1) is 6.92 Å². The van der Waals surface area contributed by atoms with Crippen LogP contribution < -0.4 is 9.47 Å². The third-order valence-corrected chi connectivity index (χ3v) is 5.62. The number of alkyl halides is 3. The van der Waals surface area contributed by atoms with Crippen LogP contribution >= 0.6 is 11.8 Å². The number of rotatable bonds is 9. The van der Waals surface area contributed by atoms with Gasteiger partial charge in [-0.15, -0.1) is 24.9 Å². The molecule has 0 aromatic heterocycles. The van der Waals surface area contributed by atoms with E-state index in [1.54, 1.807) is 36.0 Å². The fourth-order valence-corrected chi connectivity index (χ4v) is 3.97. The lowest BCUT2D eigenvalue weighted by Crippen LogP contribution is -2.17. The minimum Gasteiger partial charge on any atom is -0.482 e. The first kappa shape index (κ1) is 24.3. The molecule has 0 spiro atoms. The molecule has 0 saturated carbocycles. The Morgan fingerprint density at radius 3 is 2.21 bits per heavy atom. The van der Waals surface area contributed by atoms with Crippen LogP contribution in [0.3, 0.4) is 0 Å².